The lowest BCUT2D eigenvalue weighted by atomic mass is 9.87. The fraction of sp³-hybridized carbons (Fsp3) is 0.619. The highest BCUT2D eigenvalue weighted by Gasteiger charge is 2.36. The van der Waals surface area contributed by atoms with E-state index in [1.807, 2.05) is 28.0 Å². The molecule has 0 amide bonds. The van der Waals surface area contributed by atoms with Crippen LogP contribution in [0.4, 0.5) is 0 Å². The zero-order valence-electron chi connectivity index (χ0n) is 17.5. The van der Waals surface area contributed by atoms with Crippen LogP contribution in [0.5, 0.6) is 0 Å². The fourth-order valence-corrected chi connectivity index (χ4v) is 4.76. The van der Waals surface area contributed by atoms with E-state index in [9.17, 15) is 29.7 Å². The summed E-state index contributed by atoms with van der Waals surface area (Å²) in [5.74, 6) is -2.82. The van der Waals surface area contributed by atoms with E-state index in [0.717, 1.165) is 31.4 Å². The lowest BCUT2D eigenvalue weighted by Gasteiger charge is -2.45. The third-order valence-corrected chi connectivity index (χ3v) is 5.99. The topological polar surface area (TPSA) is 135 Å². The molecule has 0 spiro atoms. The predicted octanol–water partition coefficient (Wildman–Crippen LogP) is 0.566. The van der Waals surface area contributed by atoms with Crippen LogP contribution in [0.3, 0.4) is 0 Å². The molecule has 2 heterocycles. The first-order chi connectivity index (χ1) is 14.8. The summed E-state index contributed by atoms with van der Waals surface area (Å²) in [7, 11) is 0. The third-order valence-electron chi connectivity index (χ3n) is 5.99. The van der Waals surface area contributed by atoms with Crippen LogP contribution in [0.25, 0.3) is 0 Å². The number of nitrogens with zero attached hydrogens (tertiary/aromatic N) is 4. The highest BCUT2D eigenvalue weighted by Crippen LogP contribution is 2.29. The van der Waals surface area contributed by atoms with Gasteiger partial charge in [0.1, 0.15) is 0 Å². The van der Waals surface area contributed by atoms with Gasteiger partial charge < -0.3 is 15.3 Å². The van der Waals surface area contributed by atoms with E-state index in [-0.39, 0.29) is 31.7 Å². The molecular formula is C21H30N4O6. The molecule has 2 bridgehead atoms. The summed E-state index contributed by atoms with van der Waals surface area (Å²) in [5, 5.41) is 28.3. The average molecular weight is 434 g/mol. The van der Waals surface area contributed by atoms with Crippen molar-refractivity contribution in [3.63, 3.8) is 0 Å². The van der Waals surface area contributed by atoms with Gasteiger partial charge in [-0.2, -0.15) is 0 Å². The molecule has 1 aromatic heterocycles. The smallest absolute Gasteiger partial charge is 0.317 e. The van der Waals surface area contributed by atoms with Crippen LogP contribution in [0, 0.1) is 0 Å². The number of hydrogen-bond donors (Lipinski definition) is 3. The number of carbonyl (C=O) groups is 3. The minimum absolute atomic E-state index is 0.109. The van der Waals surface area contributed by atoms with Crippen molar-refractivity contribution in [2.24, 2.45) is 0 Å². The molecule has 1 aliphatic heterocycles. The quantitative estimate of drug-likeness (QED) is 0.583. The molecule has 170 valence electrons. The Hall–Kier alpha value is -2.56. The van der Waals surface area contributed by atoms with Crippen LogP contribution in [0.15, 0.2) is 18.2 Å². The molecule has 1 aromatic rings. The third kappa shape index (κ3) is 6.71. The SMILES string of the molecule is O=C(O)CN1CCN(CC(=O)O)[C@@H]2CCCC[C@H]2N(CC(=O)O)Cc2cccc(n2)C1. The molecule has 0 saturated heterocycles. The second-order valence-electron chi connectivity index (χ2n) is 8.31. The Morgan fingerprint density at radius 2 is 1.35 bits per heavy atom. The Kier molecular flexibility index (Phi) is 7.94. The minimum Gasteiger partial charge on any atom is -0.480 e. The van der Waals surface area contributed by atoms with Gasteiger partial charge in [0.2, 0.25) is 0 Å². The monoisotopic (exact) mass is 434 g/mol. The van der Waals surface area contributed by atoms with Crippen LogP contribution in [-0.2, 0) is 27.5 Å². The highest BCUT2D eigenvalue weighted by molar-refractivity contribution is 5.70. The average Bonchev–Trinajstić information content (AvgIpc) is 2.69. The molecule has 2 aliphatic rings. The molecule has 0 aromatic carbocycles. The van der Waals surface area contributed by atoms with Gasteiger partial charge in [0.15, 0.2) is 0 Å². The van der Waals surface area contributed by atoms with Crippen molar-refractivity contribution in [3.8, 4) is 0 Å². The molecule has 3 N–H and O–H groups in total. The molecule has 1 aliphatic carbocycles. The molecule has 2 atom stereocenters. The van der Waals surface area contributed by atoms with E-state index in [1.54, 1.807) is 4.90 Å². The summed E-state index contributed by atoms with van der Waals surface area (Å²) in [6.07, 6.45) is 3.47. The first-order valence-electron chi connectivity index (χ1n) is 10.6. The Morgan fingerprint density at radius 1 is 0.806 bits per heavy atom. The van der Waals surface area contributed by atoms with E-state index in [4.69, 9.17) is 0 Å². The normalized spacial score (nSPS) is 23.9. The van der Waals surface area contributed by atoms with Gasteiger partial charge in [0.25, 0.3) is 0 Å². The van der Waals surface area contributed by atoms with Crippen molar-refractivity contribution in [2.75, 3.05) is 32.7 Å². The van der Waals surface area contributed by atoms with E-state index >= 15 is 0 Å². The van der Waals surface area contributed by atoms with Gasteiger partial charge >= 0.3 is 17.9 Å². The van der Waals surface area contributed by atoms with Gasteiger partial charge in [-0.05, 0) is 25.0 Å². The van der Waals surface area contributed by atoms with Gasteiger partial charge in [-0.1, -0.05) is 18.9 Å². The van der Waals surface area contributed by atoms with Crippen LogP contribution < -0.4 is 0 Å². The number of carboxylic acid groups (broad SMARTS) is 3. The van der Waals surface area contributed by atoms with Crippen molar-refractivity contribution in [1.82, 2.24) is 19.7 Å². The summed E-state index contributed by atoms with van der Waals surface area (Å²) >= 11 is 0. The Labute approximate surface area is 181 Å². The van der Waals surface area contributed by atoms with E-state index in [2.05, 4.69) is 4.98 Å². The van der Waals surface area contributed by atoms with Crippen LogP contribution >= 0.6 is 0 Å². The fourth-order valence-electron chi connectivity index (χ4n) is 4.76. The van der Waals surface area contributed by atoms with Crippen molar-refractivity contribution in [2.45, 2.75) is 50.9 Å². The maximum atomic E-state index is 11.6. The van der Waals surface area contributed by atoms with E-state index in [0.29, 0.717) is 31.9 Å². The molecule has 0 radical (unpaired) electrons. The first-order valence-corrected chi connectivity index (χ1v) is 10.6. The Balaban J connectivity index is 1.98. The zero-order valence-corrected chi connectivity index (χ0v) is 17.5. The molecule has 1 fully saturated rings. The summed E-state index contributed by atoms with van der Waals surface area (Å²) in [5.41, 5.74) is 1.43. The summed E-state index contributed by atoms with van der Waals surface area (Å²) in [4.78, 5) is 44.8. The summed E-state index contributed by atoms with van der Waals surface area (Å²) in [6, 6.07) is 5.31. The number of carboxylic acids is 3. The number of hydrogen-bond acceptors (Lipinski definition) is 7. The standard InChI is InChI=1S/C21H30N4O6/c26-19(27)12-23-8-9-24(13-20(28)29)17-6-1-2-7-18(17)25(14-21(30)31)11-16-5-3-4-15(10-23)22-16/h3-5,17-18H,1-2,6-14H2,(H,26,27)(H,28,29)(H,30,31)/t17-,18-/m1/s1. The lowest BCUT2D eigenvalue weighted by Crippen LogP contribution is -2.56. The van der Waals surface area contributed by atoms with E-state index in [1.165, 1.54) is 0 Å². The van der Waals surface area contributed by atoms with Gasteiger partial charge in [0, 0.05) is 38.3 Å². The number of pyridine rings is 1. The number of aliphatic carboxylic acids is 3. The molecule has 10 nitrogen and oxygen atoms in total. The molecule has 3 rings (SSSR count). The predicted molar refractivity (Wildman–Crippen MR) is 110 cm³/mol. The molecule has 10 heteroatoms. The minimum atomic E-state index is -0.948. The van der Waals surface area contributed by atoms with Crippen molar-refractivity contribution in [3.05, 3.63) is 29.6 Å². The number of aromatic nitrogens is 1. The summed E-state index contributed by atoms with van der Waals surface area (Å²) in [6.45, 7) is 0.988. The van der Waals surface area contributed by atoms with Crippen molar-refractivity contribution in [1.29, 1.82) is 0 Å². The van der Waals surface area contributed by atoms with Gasteiger partial charge in [-0.25, -0.2) is 0 Å². The van der Waals surface area contributed by atoms with Gasteiger partial charge in [-0.3, -0.25) is 34.1 Å². The first kappa shape index (κ1) is 23.1. The second-order valence-corrected chi connectivity index (χ2v) is 8.31. The molecule has 31 heavy (non-hydrogen) atoms. The lowest BCUT2D eigenvalue weighted by molar-refractivity contribution is -0.143. The van der Waals surface area contributed by atoms with Crippen LogP contribution in [0.2, 0.25) is 0 Å². The Bertz CT molecular complexity index is 804. The number of fused-ring (bicyclic) bond motifs is 3. The second kappa shape index (κ2) is 10.7. The van der Waals surface area contributed by atoms with Gasteiger partial charge in [-0.15, -0.1) is 0 Å². The van der Waals surface area contributed by atoms with E-state index < -0.39 is 17.9 Å². The highest BCUT2D eigenvalue weighted by atomic mass is 16.4. The number of rotatable bonds is 6. The maximum Gasteiger partial charge on any atom is 0.317 e. The largest absolute Gasteiger partial charge is 0.480 e. The summed E-state index contributed by atoms with van der Waals surface area (Å²) < 4.78 is 0. The van der Waals surface area contributed by atoms with Crippen LogP contribution in [-0.4, -0.2) is 97.7 Å². The molecule has 0 unspecified atom stereocenters. The van der Waals surface area contributed by atoms with Crippen LogP contribution in [0.1, 0.15) is 37.1 Å². The van der Waals surface area contributed by atoms with Gasteiger partial charge in [0.05, 0.1) is 31.0 Å². The molecule has 1 saturated carbocycles. The zero-order chi connectivity index (χ0) is 22.4. The molecular weight excluding hydrogens is 404 g/mol. The Morgan fingerprint density at radius 3 is 1.97 bits per heavy atom. The van der Waals surface area contributed by atoms with Crippen molar-refractivity contribution < 1.29 is 29.7 Å². The maximum absolute atomic E-state index is 11.6. The van der Waals surface area contributed by atoms with Crippen molar-refractivity contribution >= 4 is 17.9 Å².